The number of rotatable bonds is 2. The van der Waals surface area contributed by atoms with E-state index in [4.69, 9.17) is 4.98 Å². The molecule has 94 valence electrons. The summed E-state index contributed by atoms with van der Waals surface area (Å²) < 4.78 is 0. The van der Waals surface area contributed by atoms with Crippen LogP contribution in [0.4, 0.5) is 10.7 Å². The number of thiazole rings is 1. The number of benzene rings is 1. The average Bonchev–Trinajstić information content (AvgIpc) is 2.70. The fraction of sp³-hybridized carbons (Fsp3) is 0.357. The third-order valence-electron chi connectivity index (χ3n) is 3.24. The van der Waals surface area contributed by atoms with Gasteiger partial charge in [-0.2, -0.15) is 0 Å². The predicted octanol–water partition coefficient (Wildman–Crippen LogP) is 3.60. The second-order valence-corrected chi connectivity index (χ2v) is 5.51. The molecule has 0 fully saturated rings. The Bertz CT molecular complexity index is 507. The number of aryl methyl sites for hydroxylation is 1. The van der Waals surface area contributed by atoms with Gasteiger partial charge in [-0.1, -0.05) is 11.3 Å². The van der Waals surface area contributed by atoms with E-state index in [9.17, 15) is 0 Å². The van der Waals surface area contributed by atoms with Crippen LogP contribution in [0.3, 0.4) is 0 Å². The quantitative estimate of drug-likeness (QED) is 0.865. The minimum absolute atomic E-state index is 1.08. The summed E-state index contributed by atoms with van der Waals surface area (Å²) in [7, 11) is 1.94. The van der Waals surface area contributed by atoms with E-state index < -0.39 is 0 Å². The highest BCUT2D eigenvalue weighted by Gasteiger charge is 2.14. The molecule has 0 saturated carbocycles. The zero-order valence-electron chi connectivity index (χ0n) is 10.5. The molecule has 0 saturated heterocycles. The Hall–Kier alpha value is -1.55. The second-order valence-electron chi connectivity index (χ2n) is 4.51. The van der Waals surface area contributed by atoms with E-state index in [-0.39, 0.29) is 0 Å². The Morgan fingerprint density at radius 2 is 2.06 bits per heavy atom. The monoisotopic (exact) mass is 259 g/mol. The summed E-state index contributed by atoms with van der Waals surface area (Å²) in [5.74, 6) is 0. The van der Waals surface area contributed by atoms with E-state index in [1.807, 2.05) is 7.05 Å². The molecule has 0 spiro atoms. The minimum atomic E-state index is 1.08. The van der Waals surface area contributed by atoms with Gasteiger partial charge < -0.3 is 10.6 Å². The van der Waals surface area contributed by atoms with Crippen molar-refractivity contribution in [2.45, 2.75) is 19.3 Å². The lowest BCUT2D eigenvalue weighted by atomic mass is 10.2. The highest BCUT2D eigenvalue weighted by Crippen LogP contribution is 2.34. The van der Waals surface area contributed by atoms with Crippen molar-refractivity contribution in [3.63, 3.8) is 0 Å². The van der Waals surface area contributed by atoms with Gasteiger partial charge in [-0.25, -0.2) is 4.98 Å². The van der Waals surface area contributed by atoms with Gasteiger partial charge in [0, 0.05) is 24.8 Å². The lowest BCUT2D eigenvalue weighted by Gasteiger charge is -2.01. The molecule has 2 aromatic rings. The molecule has 3 rings (SSSR count). The first kappa shape index (κ1) is 11.5. The Morgan fingerprint density at radius 1 is 1.22 bits per heavy atom. The van der Waals surface area contributed by atoms with Crippen LogP contribution >= 0.6 is 11.3 Å². The maximum Gasteiger partial charge on any atom is 0.125 e. The number of hydrogen-bond donors (Lipinski definition) is 2. The van der Waals surface area contributed by atoms with Gasteiger partial charge in [-0.15, -0.1) is 0 Å². The standard InChI is InChI=1S/C14H17N3S/c1-15-11-7-5-10(6-8-11)13-17-12-4-2-3-9-16-14(12)18-13/h5-8,15-16H,2-4,9H2,1H3. The second kappa shape index (κ2) is 4.98. The van der Waals surface area contributed by atoms with E-state index in [2.05, 4.69) is 34.9 Å². The number of nitrogens with one attached hydrogen (secondary N) is 2. The Labute approximate surface area is 111 Å². The first-order valence-corrected chi connectivity index (χ1v) is 7.20. The zero-order valence-corrected chi connectivity index (χ0v) is 11.3. The van der Waals surface area contributed by atoms with Crippen LogP contribution < -0.4 is 10.6 Å². The Kier molecular flexibility index (Phi) is 3.19. The molecule has 1 aliphatic rings. The smallest absolute Gasteiger partial charge is 0.125 e. The fourth-order valence-corrected chi connectivity index (χ4v) is 3.22. The van der Waals surface area contributed by atoms with Crippen molar-refractivity contribution in [3.05, 3.63) is 30.0 Å². The topological polar surface area (TPSA) is 37.0 Å². The number of aromatic nitrogens is 1. The average molecular weight is 259 g/mol. The van der Waals surface area contributed by atoms with Crippen molar-refractivity contribution in [1.82, 2.24) is 4.98 Å². The maximum absolute atomic E-state index is 4.77. The van der Waals surface area contributed by atoms with Crippen molar-refractivity contribution in [2.24, 2.45) is 0 Å². The van der Waals surface area contributed by atoms with Gasteiger partial charge in [0.05, 0.1) is 5.69 Å². The van der Waals surface area contributed by atoms with E-state index in [0.29, 0.717) is 0 Å². The number of nitrogens with zero attached hydrogens (tertiary/aromatic N) is 1. The molecule has 2 heterocycles. The third kappa shape index (κ3) is 2.20. The SMILES string of the molecule is CNc1ccc(-c2nc3c(s2)NCCCC3)cc1. The first-order valence-electron chi connectivity index (χ1n) is 6.38. The number of fused-ring (bicyclic) bond motifs is 1. The van der Waals surface area contributed by atoms with Gasteiger partial charge in [-0.05, 0) is 43.5 Å². The number of anilines is 2. The van der Waals surface area contributed by atoms with E-state index in [1.54, 1.807) is 11.3 Å². The summed E-state index contributed by atoms with van der Waals surface area (Å²) in [5, 5.41) is 9.00. The van der Waals surface area contributed by atoms with Crippen LogP contribution in [0.2, 0.25) is 0 Å². The molecule has 0 amide bonds. The molecule has 1 aromatic carbocycles. The zero-order chi connectivity index (χ0) is 12.4. The molecule has 3 nitrogen and oxygen atoms in total. The van der Waals surface area contributed by atoms with Gasteiger partial charge in [0.25, 0.3) is 0 Å². The molecular formula is C14H17N3S. The van der Waals surface area contributed by atoms with Crippen molar-refractivity contribution in [2.75, 3.05) is 24.2 Å². The molecule has 0 unspecified atom stereocenters. The third-order valence-corrected chi connectivity index (χ3v) is 4.35. The summed E-state index contributed by atoms with van der Waals surface area (Å²) in [6.45, 7) is 1.08. The van der Waals surface area contributed by atoms with E-state index >= 15 is 0 Å². The highest BCUT2D eigenvalue weighted by molar-refractivity contribution is 7.19. The lowest BCUT2D eigenvalue weighted by molar-refractivity contribution is 0.775. The number of hydrogen-bond acceptors (Lipinski definition) is 4. The fourth-order valence-electron chi connectivity index (χ4n) is 2.18. The molecular weight excluding hydrogens is 242 g/mol. The van der Waals surface area contributed by atoms with Crippen LogP contribution in [0.25, 0.3) is 10.6 Å². The van der Waals surface area contributed by atoms with Crippen LogP contribution in [0.5, 0.6) is 0 Å². The normalized spacial score (nSPS) is 14.5. The van der Waals surface area contributed by atoms with Gasteiger partial charge >= 0.3 is 0 Å². The van der Waals surface area contributed by atoms with Crippen molar-refractivity contribution in [3.8, 4) is 10.6 Å². The molecule has 4 heteroatoms. The molecule has 18 heavy (non-hydrogen) atoms. The van der Waals surface area contributed by atoms with Crippen molar-refractivity contribution < 1.29 is 0 Å². The van der Waals surface area contributed by atoms with Crippen molar-refractivity contribution in [1.29, 1.82) is 0 Å². The van der Waals surface area contributed by atoms with Crippen molar-refractivity contribution >= 4 is 22.0 Å². The Balaban J connectivity index is 1.91. The van der Waals surface area contributed by atoms with Gasteiger partial charge in [-0.3, -0.25) is 0 Å². The van der Waals surface area contributed by atoms with E-state index in [0.717, 1.165) is 23.7 Å². The molecule has 0 radical (unpaired) electrons. The molecule has 0 atom stereocenters. The predicted molar refractivity (Wildman–Crippen MR) is 78.5 cm³/mol. The summed E-state index contributed by atoms with van der Waals surface area (Å²) in [6, 6.07) is 8.44. The van der Waals surface area contributed by atoms with Gasteiger partial charge in [0.2, 0.25) is 0 Å². The molecule has 2 N–H and O–H groups in total. The molecule has 1 aliphatic heterocycles. The molecule has 0 bridgehead atoms. The highest BCUT2D eigenvalue weighted by atomic mass is 32.1. The molecule has 1 aromatic heterocycles. The minimum Gasteiger partial charge on any atom is -0.388 e. The summed E-state index contributed by atoms with van der Waals surface area (Å²) in [4.78, 5) is 4.77. The largest absolute Gasteiger partial charge is 0.388 e. The van der Waals surface area contributed by atoms with Gasteiger partial charge in [0.15, 0.2) is 0 Å². The maximum atomic E-state index is 4.77. The van der Waals surface area contributed by atoms with E-state index in [1.165, 1.54) is 29.1 Å². The summed E-state index contributed by atoms with van der Waals surface area (Å²) in [5.41, 5.74) is 3.58. The van der Waals surface area contributed by atoms with Crippen LogP contribution in [0.15, 0.2) is 24.3 Å². The lowest BCUT2D eigenvalue weighted by Crippen LogP contribution is -1.96. The Morgan fingerprint density at radius 3 is 2.83 bits per heavy atom. The molecule has 0 aliphatic carbocycles. The van der Waals surface area contributed by atoms with Crippen LogP contribution in [0, 0.1) is 0 Å². The van der Waals surface area contributed by atoms with Crippen LogP contribution in [-0.2, 0) is 6.42 Å². The first-order chi connectivity index (χ1) is 8.86. The van der Waals surface area contributed by atoms with Crippen LogP contribution in [0.1, 0.15) is 18.5 Å². The van der Waals surface area contributed by atoms with Crippen LogP contribution in [-0.4, -0.2) is 18.6 Å². The summed E-state index contributed by atoms with van der Waals surface area (Å²) in [6.07, 6.45) is 3.59. The van der Waals surface area contributed by atoms with Gasteiger partial charge in [0.1, 0.15) is 10.0 Å². The summed E-state index contributed by atoms with van der Waals surface area (Å²) >= 11 is 1.77.